The van der Waals surface area contributed by atoms with Crippen LogP contribution in [-0.4, -0.2) is 18.6 Å². The smallest absolute Gasteiger partial charge is 0.241 e. The van der Waals surface area contributed by atoms with E-state index in [1.807, 2.05) is 13.8 Å². The second-order valence-corrected chi connectivity index (χ2v) is 4.37. The van der Waals surface area contributed by atoms with E-state index in [0.717, 1.165) is 6.42 Å². The minimum Gasteiger partial charge on any atom is -0.492 e. The van der Waals surface area contributed by atoms with E-state index >= 15 is 0 Å². The molecule has 1 unspecified atom stereocenters. The number of nitrogens with one attached hydrogen (secondary N) is 1. The van der Waals surface area contributed by atoms with Crippen molar-refractivity contribution in [1.82, 2.24) is 0 Å². The van der Waals surface area contributed by atoms with Gasteiger partial charge in [-0.25, -0.2) is 0 Å². The second-order valence-electron chi connectivity index (χ2n) is 3.96. The standard InChI is InChI=1S/C13H19ClN2O2/c1-3-5-11(15)13(17)16-9-6-7-12(18-4-2)10(14)8-9/h6-8,11H,3-5,15H2,1-2H3,(H,16,17). The van der Waals surface area contributed by atoms with Gasteiger partial charge in [-0.05, 0) is 31.5 Å². The molecule has 4 nitrogen and oxygen atoms in total. The first-order chi connectivity index (χ1) is 8.58. The Morgan fingerprint density at radius 2 is 2.22 bits per heavy atom. The highest BCUT2D eigenvalue weighted by molar-refractivity contribution is 6.32. The molecular weight excluding hydrogens is 252 g/mol. The van der Waals surface area contributed by atoms with Crippen LogP contribution in [0.3, 0.4) is 0 Å². The second kappa shape index (κ2) is 7.24. The molecule has 0 radical (unpaired) electrons. The molecule has 1 amide bonds. The molecule has 1 atom stereocenters. The Balaban J connectivity index is 2.68. The summed E-state index contributed by atoms with van der Waals surface area (Å²) in [5.41, 5.74) is 6.35. The molecule has 0 aliphatic heterocycles. The van der Waals surface area contributed by atoms with E-state index in [4.69, 9.17) is 22.1 Å². The molecule has 0 saturated carbocycles. The summed E-state index contributed by atoms with van der Waals surface area (Å²) in [4.78, 5) is 11.7. The quantitative estimate of drug-likeness (QED) is 0.835. The first kappa shape index (κ1) is 14.8. The normalized spacial score (nSPS) is 12.0. The van der Waals surface area contributed by atoms with E-state index in [1.165, 1.54) is 0 Å². The molecule has 1 aromatic carbocycles. The summed E-state index contributed by atoms with van der Waals surface area (Å²) in [5.74, 6) is 0.409. The van der Waals surface area contributed by atoms with Crippen molar-refractivity contribution in [3.8, 4) is 5.75 Å². The third-order valence-electron chi connectivity index (χ3n) is 2.44. The molecule has 18 heavy (non-hydrogen) atoms. The summed E-state index contributed by atoms with van der Waals surface area (Å²) < 4.78 is 5.31. The lowest BCUT2D eigenvalue weighted by Crippen LogP contribution is -2.35. The van der Waals surface area contributed by atoms with Gasteiger partial charge in [0.1, 0.15) is 5.75 Å². The van der Waals surface area contributed by atoms with Gasteiger partial charge in [-0.1, -0.05) is 24.9 Å². The number of anilines is 1. The molecule has 0 aromatic heterocycles. The summed E-state index contributed by atoms with van der Waals surface area (Å²) in [6.45, 7) is 4.42. The molecule has 1 aromatic rings. The van der Waals surface area contributed by atoms with Crippen molar-refractivity contribution >= 4 is 23.2 Å². The van der Waals surface area contributed by atoms with Crippen molar-refractivity contribution in [1.29, 1.82) is 0 Å². The molecule has 100 valence electrons. The van der Waals surface area contributed by atoms with Crippen LogP contribution in [0, 0.1) is 0 Å². The SMILES string of the molecule is CCCC(N)C(=O)Nc1ccc(OCC)c(Cl)c1. The van der Waals surface area contributed by atoms with Gasteiger partial charge < -0.3 is 15.8 Å². The summed E-state index contributed by atoms with van der Waals surface area (Å²) in [7, 11) is 0. The summed E-state index contributed by atoms with van der Waals surface area (Å²) in [6, 6.07) is 4.64. The van der Waals surface area contributed by atoms with Gasteiger partial charge in [0.25, 0.3) is 0 Å². The minimum absolute atomic E-state index is 0.197. The van der Waals surface area contributed by atoms with Crippen LogP contribution in [0.1, 0.15) is 26.7 Å². The number of carbonyl (C=O) groups is 1. The number of nitrogens with two attached hydrogens (primary N) is 1. The zero-order valence-electron chi connectivity index (χ0n) is 10.7. The van der Waals surface area contributed by atoms with E-state index in [9.17, 15) is 4.79 Å². The summed E-state index contributed by atoms with van der Waals surface area (Å²) in [6.07, 6.45) is 1.54. The molecular formula is C13H19ClN2O2. The minimum atomic E-state index is -0.486. The van der Waals surface area contributed by atoms with Crippen LogP contribution in [-0.2, 0) is 4.79 Å². The number of benzene rings is 1. The molecule has 0 fully saturated rings. The predicted molar refractivity (Wildman–Crippen MR) is 74.1 cm³/mol. The molecule has 3 N–H and O–H groups in total. The van der Waals surface area contributed by atoms with Gasteiger partial charge in [-0.2, -0.15) is 0 Å². The Hall–Kier alpha value is -1.26. The average Bonchev–Trinajstić information content (AvgIpc) is 2.33. The zero-order valence-corrected chi connectivity index (χ0v) is 11.5. The predicted octanol–water partition coefficient (Wildman–Crippen LogP) is 2.80. The largest absolute Gasteiger partial charge is 0.492 e. The van der Waals surface area contributed by atoms with Crippen LogP contribution < -0.4 is 15.8 Å². The van der Waals surface area contributed by atoms with E-state index in [0.29, 0.717) is 29.5 Å². The Morgan fingerprint density at radius 3 is 2.78 bits per heavy atom. The van der Waals surface area contributed by atoms with Crippen molar-refractivity contribution in [2.24, 2.45) is 5.73 Å². The third-order valence-corrected chi connectivity index (χ3v) is 2.73. The van der Waals surface area contributed by atoms with Crippen molar-refractivity contribution in [3.05, 3.63) is 23.2 Å². The lowest BCUT2D eigenvalue weighted by Gasteiger charge is -2.12. The summed E-state index contributed by atoms with van der Waals surface area (Å²) in [5, 5.41) is 3.20. The Bertz CT molecular complexity index is 410. The van der Waals surface area contributed by atoms with Crippen LogP contribution in [0.5, 0.6) is 5.75 Å². The Kier molecular flexibility index (Phi) is 5.95. The number of halogens is 1. The van der Waals surface area contributed by atoms with Crippen LogP contribution in [0.15, 0.2) is 18.2 Å². The van der Waals surface area contributed by atoms with Crippen LogP contribution in [0.25, 0.3) is 0 Å². The Morgan fingerprint density at radius 1 is 1.50 bits per heavy atom. The van der Waals surface area contributed by atoms with Crippen molar-refractivity contribution < 1.29 is 9.53 Å². The van der Waals surface area contributed by atoms with Gasteiger partial charge in [0.05, 0.1) is 17.7 Å². The summed E-state index contributed by atoms with van der Waals surface area (Å²) >= 11 is 6.02. The molecule has 0 aliphatic rings. The molecule has 0 spiro atoms. The van der Waals surface area contributed by atoms with Gasteiger partial charge in [0, 0.05) is 5.69 Å². The maximum absolute atomic E-state index is 11.7. The van der Waals surface area contributed by atoms with Gasteiger partial charge >= 0.3 is 0 Å². The van der Waals surface area contributed by atoms with Crippen LogP contribution >= 0.6 is 11.6 Å². The van der Waals surface area contributed by atoms with Crippen molar-refractivity contribution in [3.63, 3.8) is 0 Å². The molecule has 0 saturated heterocycles. The Labute approximate surface area is 112 Å². The first-order valence-electron chi connectivity index (χ1n) is 6.07. The lowest BCUT2D eigenvalue weighted by molar-refractivity contribution is -0.117. The fraction of sp³-hybridized carbons (Fsp3) is 0.462. The lowest BCUT2D eigenvalue weighted by atomic mass is 10.1. The number of rotatable bonds is 6. The number of ether oxygens (including phenoxy) is 1. The molecule has 0 aliphatic carbocycles. The number of hydrogen-bond acceptors (Lipinski definition) is 3. The topological polar surface area (TPSA) is 64.4 Å². The van der Waals surface area contributed by atoms with E-state index in [2.05, 4.69) is 5.32 Å². The van der Waals surface area contributed by atoms with Crippen LogP contribution in [0.4, 0.5) is 5.69 Å². The van der Waals surface area contributed by atoms with Crippen LogP contribution in [0.2, 0.25) is 5.02 Å². The van der Waals surface area contributed by atoms with E-state index in [-0.39, 0.29) is 5.91 Å². The molecule has 1 rings (SSSR count). The van der Waals surface area contributed by atoms with Crippen molar-refractivity contribution in [2.75, 3.05) is 11.9 Å². The van der Waals surface area contributed by atoms with E-state index in [1.54, 1.807) is 18.2 Å². The zero-order chi connectivity index (χ0) is 13.5. The fourth-order valence-corrected chi connectivity index (χ4v) is 1.76. The monoisotopic (exact) mass is 270 g/mol. The molecule has 5 heteroatoms. The highest BCUT2D eigenvalue weighted by Gasteiger charge is 2.13. The number of carbonyl (C=O) groups excluding carboxylic acids is 1. The number of amides is 1. The van der Waals surface area contributed by atoms with Gasteiger partial charge in [0.2, 0.25) is 5.91 Å². The fourth-order valence-electron chi connectivity index (χ4n) is 1.53. The highest BCUT2D eigenvalue weighted by atomic mass is 35.5. The van der Waals surface area contributed by atoms with Gasteiger partial charge in [0.15, 0.2) is 0 Å². The maximum atomic E-state index is 11.7. The average molecular weight is 271 g/mol. The maximum Gasteiger partial charge on any atom is 0.241 e. The van der Waals surface area contributed by atoms with Crippen molar-refractivity contribution in [2.45, 2.75) is 32.7 Å². The molecule has 0 heterocycles. The third kappa shape index (κ3) is 4.20. The highest BCUT2D eigenvalue weighted by Crippen LogP contribution is 2.27. The van der Waals surface area contributed by atoms with Gasteiger partial charge in [-0.15, -0.1) is 0 Å². The van der Waals surface area contributed by atoms with E-state index < -0.39 is 6.04 Å². The first-order valence-corrected chi connectivity index (χ1v) is 6.45. The molecule has 0 bridgehead atoms. The van der Waals surface area contributed by atoms with Gasteiger partial charge in [-0.3, -0.25) is 4.79 Å². The number of hydrogen-bond donors (Lipinski definition) is 2.